The lowest BCUT2D eigenvalue weighted by atomic mass is 10.1. The zero-order valence-electron chi connectivity index (χ0n) is 15.5. The number of nitrogens with zero attached hydrogens (tertiary/aromatic N) is 2. The Hall–Kier alpha value is -2.40. The lowest BCUT2D eigenvalue weighted by molar-refractivity contribution is 0.0853. The zero-order chi connectivity index (χ0) is 18.4. The van der Waals surface area contributed by atoms with Crippen molar-refractivity contribution in [2.45, 2.75) is 45.4 Å². The van der Waals surface area contributed by atoms with Crippen molar-refractivity contribution in [2.75, 3.05) is 18.1 Å². The fourth-order valence-corrected chi connectivity index (χ4v) is 3.14. The van der Waals surface area contributed by atoms with Gasteiger partial charge in [0.05, 0.1) is 18.0 Å². The van der Waals surface area contributed by atoms with Crippen LogP contribution in [0.25, 0.3) is 0 Å². The second-order valence-corrected chi connectivity index (χ2v) is 6.95. The van der Waals surface area contributed by atoms with Crippen LogP contribution < -0.4 is 10.2 Å². The van der Waals surface area contributed by atoms with Gasteiger partial charge in [0.25, 0.3) is 5.91 Å². The van der Waals surface area contributed by atoms with Gasteiger partial charge in [-0.1, -0.05) is 30.3 Å². The summed E-state index contributed by atoms with van der Waals surface area (Å²) < 4.78 is 5.53. The zero-order valence-corrected chi connectivity index (χ0v) is 15.5. The Balaban J connectivity index is 1.63. The van der Waals surface area contributed by atoms with Gasteiger partial charge in [0.15, 0.2) is 0 Å². The molecule has 1 fully saturated rings. The molecule has 5 heteroatoms. The number of nitrogens with one attached hydrogen (secondary N) is 1. The predicted molar refractivity (Wildman–Crippen MR) is 103 cm³/mol. The number of aromatic nitrogens is 1. The highest BCUT2D eigenvalue weighted by Crippen LogP contribution is 2.19. The molecule has 2 heterocycles. The lowest BCUT2D eigenvalue weighted by Gasteiger charge is -2.29. The summed E-state index contributed by atoms with van der Waals surface area (Å²) in [6.45, 7) is 6.47. The molecule has 0 saturated carbocycles. The van der Waals surface area contributed by atoms with Crippen LogP contribution in [-0.2, 0) is 11.3 Å². The molecule has 1 aromatic carbocycles. The van der Waals surface area contributed by atoms with E-state index < -0.39 is 0 Å². The van der Waals surface area contributed by atoms with Crippen LogP contribution in [0.4, 0.5) is 5.69 Å². The monoisotopic (exact) mass is 353 g/mol. The Morgan fingerprint density at radius 3 is 2.69 bits per heavy atom. The van der Waals surface area contributed by atoms with Crippen molar-refractivity contribution in [3.8, 4) is 0 Å². The molecule has 1 saturated heterocycles. The van der Waals surface area contributed by atoms with Crippen LogP contribution in [0.1, 0.15) is 42.7 Å². The van der Waals surface area contributed by atoms with Gasteiger partial charge < -0.3 is 15.0 Å². The van der Waals surface area contributed by atoms with E-state index in [9.17, 15) is 4.79 Å². The third kappa shape index (κ3) is 4.82. The third-order valence-corrected chi connectivity index (χ3v) is 4.65. The maximum absolute atomic E-state index is 12.3. The van der Waals surface area contributed by atoms with Gasteiger partial charge >= 0.3 is 0 Å². The second kappa shape index (κ2) is 8.81. The van der Waals surface area contributed by atoms with Gasteiger partial charge in [0.2, 0.25) is 0 Å². The number of amides is 1. The lowest BCUT2D eigenvalue weighted by Crippen LogP contribution is -2.33. The van der Waals surface area contributed by atoms with Crippen LogP contribution in [0.15, 0.2) is 48.7 Å². The molecule has 1 amide bonds. The van der Waals surface area contributed by atoms with E-state index in [0.717, 1.165) is 31.7 Å². The van der Waals surface area contributed by atoms with Crippen molar-refractivity contribution >= 4 is 11.6 Å². The van der Waals surface area contributed by atoms with Gasteiger partial charge in [-0.25, -0.2) is 4.98 Å². The van der Waals surface area contributed by atoms with Gasteiger partial charge in [-0.3, -0.25) is 4.79 Å². The maximum Gasteiger partial charge on any atom is 0.269 e. The average Bonchev–Trinajstić information content (AvgIpc) is 3.18. The fourth-order valence-electron chi connectivity index (χ4n) is 3.14. The first-order chi connectivity index (χ1) is 12.6. The highest BCUT2D eigenvalue weighted by Gasteiger charge is 2.18. The van der Waals surface area contributed by atoms with Crippen LogP contribution in [0.3, 0.4) is 0 Å². The minimum absolute atomic E-state index is 0.139. The van der Waals surface area contributed by atoms with E-state index in [-0.39, 0.29) is 12.0 Å². The number of ether oxygens (including phenoxy) is 1. The molecule has 0 radical (unpaired) electrons. The molecule has 1 N–H and O–H groups in total. The van der Waals surface area contributed by atoms with E-state index >= 15 is 0 Å². The van der Waals surface area contributed by atoms with Crippen LogP contribution in [0.2, 0.25) is 0 Å². The smallest absolute Gasteiger partial charge is 0.269 e. The number of carbonyl (C=O) groups excluding carboxylic acids is 1. The summed E-state index contributed by atoms with van der Waals surface area (Å²) >= 11 is 0. The highest BCUT2D eigenvalue weighted by atomic mass is 16.5. The van der Waals surface area contributed by atoms with Crippen LogP contribution in [0.5, 0.6) is 0 Å². The van der Waals surface area contributed by atoms with Crippen LogP contribution in [0, 0.1) is 0 Å². The van der Waals surface area contributed by atoms with E-state index in [4.69, 9.17) is 4.74 Å². The first-order valence-electron chi connectivity index (χ1n) is 9.30. The van der Waals surface area contributed by atoms with Crippen molar-refractivity contribution < 1.29 is 9.53 Å². The molecule has 1 aliphatic rings. The van der Waals surface area contributed by atoms with E-state index in [1.54, 1.807) is 12.3 Å². The molecule has 3 rings (SSSR count). The predicted octanol–water partition coefficient (Wildman–Crippen LogP) is 3.41. The number of rotatable bonds is 7. The topological polar surface area (TPSA) is 54.5 Å². The molecule has 26 heavy (non-hydrogen) atoms. The Kier molecular flexibility index (Phi) is 6.23. The van der Waals surface area contributed by atoms with Gasteiger partial charge in [0.1, 0.15) is 5.69 Å². The molecule has 1 atom stereocenters. The summed E-state index contributed by atoms with van der Waals surface area (Å²) in [5, 5.41) is 2.91. The summed E-state index contributed by atoms with van der Waals surface area (Å²) in [6, 6.07) is 14.5. The Morgan fingerprint density at radius 1 is 1.27 bits per heavy atom. The average molecular weight is 353 g/mol. The fraction of sp³-hybridized carbons (Fsp3) is 0.429. The summed E-state index contributed by atoms with van der Waals surface area (Å²) in [5.74, 6) is -0.147. The van der Waals surface area contributed by atoms with E-state index in [1.807, 2.05) is 24.3 Å². The summed E-state index contributed by atoms with van der Waals surface area (Å²) in [6.07, 6.45) is 4.00. The standard InChI is InChI=1S/C21H27N3O2/c1-16(2)24(15-17-7-4-3-5-8-17)18-10-11-20(22-13-18)21(25)23-14-19-9-6-12-26-19/h3-5,7-8,10-11,13,16,19H,6,9,12,14-15H2,1-2H3,(H,23,25). The molecule has 0 bridgehead atoms. The summed E-state index contributed by atoms with van der Waals surface area (Å²) in [4.78, 5) is 18.9. The molecule has 0 spiro atoms. The van der Waals surface area contributed by atoms with Crippen molar-refractivity contribution in [3.63, 3.8) is 0 Å². The van der Waals surface area contributed by atoms with Gasteiger partial charge in [-0.2, -0.15) is 0 Å². The molecule has 0 aliphatic carbocycles. The van der Waals surface area contributed by atoms with Gasteiger partial charge in [-0.15, -0.1) is 0 Å². The molecular formula is C21H27N3O2. The molecule has 1 aliphatic heterocycles. The maximum atomic E-state index is 12.3. The molecule has 1 unspecified atom stereocenters. The third-order valence-electron chi connectivity index (χ3n) is 4.65. The number of benzene rings is 1. The first kappa shape index (κ1) is 18.4. The molecule has 1 aromatic heterocycles. The largest absolute Gasteiger partial charge is 0.376 e. The minimum atomic E-state index is -0.147. The van der Waals surface area contributed by atoms with Gasteiger partial charge in [0, 0.05) is 25.7 Å². The Bertz CT molecular complexity index is 695. The van der Waals surface area contributed by atoms with E-state index in [0.29, 0.717) is 18.3 Å². The summed E-state index contributed by atoms with van der Waals surface area (Å²) in [5.41, 5.74) is 2.70. The van der Waals surface area contributed by atoms with Crippen molar-refractivity contribution in [3.05, 3.63) is 59.9 Å². The first-order valence-corrected chi connectivity index (χ1v) is 9.30. The Labute approximate surface area is 155 Å². The highest BCUT2D eigenvalue weighted by molar-refractivity contribution is 5.92. The normalized spacial score (nSPS) is 16.7. The van der Waals surface area contributed by atoms with Crippen LogP contribution in [-0.4, -0.2) is 36.2 Å². The number of pyridine rings is 1. The molecular weight excluding hydrogens is 326 g/mol. The van der Waals surface area contributed by atoms with E-state index in [1.165, 1.54) is 5.56 Å². The Morgan fingerprint density at radius 2 is 2.08 bits per heavy atom. The number of hydrogen-bond donors (Lipinski definition) is 1. The summed E-state index contributed by atoms with van der Waals surface area (Å²) in [7, 11) is 0. The minimum Gasteiger partial charge on any atom is -0.376 e. The van der Waals surface area contributed by atoms with Crippen molar-refractivity contribution in [1.29, 1.82) is 0 Å². The second-order valence-electron chi connectivity index (χ2n) is 6.95. The molecule has 2 aromatic rings. The van der Waals surface area contributed by atoms with Crippen molar-refractivity contribution in [1.82, 2.24) is 10.3 Å². The number of carbonyl (C=O) groups is 1. The quantitative estimate of drug-likeness (QED) is 0.829. The number of anilines is 1. The SMILES string of the molecule is CC(C)N(Cc1ccccc1)c1ccc(C(=O)NCC2CCCO2)nc1. The molecule has 138 valence electrons. The number of hydrogen-bond acceptors (Lipinski definition) is 4. The van der Waals surface area contributed by atoms with E-state index in [2.05, 4.69) is 41.2 Å². The van der Waals surface area contributed by atoms with Crippen LogP contribution >= 0.6 is 0 Å². The molecule has 5 nitrogen and oxygen atoms in total. The van der Waals surface area contributed by atoms with Gasteiger partial charge in [-0.05, 0) is 44.4 Å². The van der Waals surface area contributed by atoms with Crippen molar-refractivity contribution in [2.24, 2.45) is 0 Å².